The van der Waals surface area contributed by atoms with Crippen molar-refractivity contribution in [2.45, 2.75) is 18.9 Å². The van der Waals surface area contributed by atoms with Crippen molar-refractivity contribution in [2.24, 2.45) is 5.73 Å². The number of carboxylic acid groups (broad SMARTS) is 1. The molecule has 10 heteroatoms. The molecule has 10 nitrogen and oxygen atoms in total. The Morgan fingerprint density at radius 3 is 2.48 bits per heavy atom. The Bertz CT molecular complexity index is 386. The van der Waals surface area contributed by atoms with Crippen molar-refractivity contribution in [1.82, 2.24) is 10.6 Å². The number of hydrogen-bond donors (Lipinski definition) is 4. The SMILES string of the molecule is COC(=O)CC[C@@H](NC(=O)NCCOCC(N)=O)C(=O)O. The number of nitrogens with one attached hydrogen (secondary N) is 2. The second-order valence-corrected chi connectivity index (χ2v) is 3.92. The zero-order chi connectivity index (χ0) is 16.3. The Kier molecular flexibility index (Phi) is 9.26. The van der Waals surface area contributed by atoms with Gasteiger partial charge in [0.1, 0.15) is 12.6 Å². The molecule has 3 amide bonds. The maximum Gasteiger partial charge on any atom is 0.326 e. The predicted molar refractivity (Wildman–Crippen MR) is 69.2 cm³/mol. The van der Waals surface area contributed by atoms with Gasteiger partial charge in [-0.2, -0.15) is 0 Å². The highest BCUT2D eigenvalue weighted by atomic mass is 16.5. The van der Waals surface area contributed by atoms with Crippen LogP contribution >= 0.6 is 0 Å². The standard InChI is InChI=1S/C11H19N3O7/c1-20-9(16)3-2-7(10(17)18)14-11(19)13-4-5-21-6-8(12)15/h7H,2-6H2,1H3,(H2,12,15)(H,17,18)(H2,13,14,19)/t7-/m1/s1. The minimum absolute atomic E-state index is 0.0518. The summed E-state index contributed by atoms with van der Waals surface area (Å²) in [6.45, 7) is -0.140. The van der Waals surface area contributed by atoms with Crippen LogP contribution in [0.15, 0.2) is 0 Å². The zero-order valence-electron chi connectivity index (χ0n) is 11.6. The van der Waals surface area contributed by atoms with Gasteiger partial charge in [-0.3, -0.25) is 9.59 Å². The number of rotatable bonds is 10. The van der Waals surface area contributed by atoms with Gasteiger partial charge >= 0.3 is 18.0 Å². The Morgan fingerprint density at radius 2 is 1.95 bits per heavy atom. The van der Waals surface area contributed by atoms with E-state index in [1.807, 2.05) is 0 Å². The summed E-state index contributed by atoms with van der Waals surface area (Å²) in [5.74, 6) is -2.46. The number of aliphatic carboxylic acids is 1. The molecule has 0 aromatic carbocycles. The van der Waals surface area contributed by atoms with Crippen molar-refractivity contribution >= 4 is 23.9 Å². The van der Waals surface area contributed by atoms with E-state index >= 15 is 0 Å². The van der Waals surface area contributed by atoms with Crippen LogP contribution in [0.2, 0.25) is 0 Å². The summed E-state index contributed by atoms with van der Waals surface area (Å²) in [5.41, 5.74) is 4.84. The lowest BCUT2D eigenvalue weighted by Crippen LogP contribution is -2.47. The first-order valence-electron chi connectivity index (χ1n) is 6.06. The molecule has 0 aliphatic carbocycles. The van der Waals surface area contributed by atoms with E-state index in [2.05, 4.69) is 15.4 Å². The predicted octanol–water partition coefficient (Wildman–Crippen LogP) is -1.81. The van der Waals surface area contributed by atoms with Gasteiger partial charge in [0, 0.05) is 13.0 Å². The molecule has 0 aromatic rings. The van der Waals surface area contributed by atoms with E-state index < -0.39 is 29.9 Å². The van der Waals surface area contributed by atoms with E-state index in [9.17, 15) is 19.2 Å². The summed E-state index contributed by atoms with van der Waals surface area (Å²) in [4.78, 5) is 43.6. The molecule has 120 valence electrons. The third-order valence-corrected chi connectivity index (χ3v) is 2.24. The molecule has 0 heterocycles. The van der Waals surface area contributed by atoms with Crippen molar-refractivity contribution in [3.8, 4) is 0 Å². The van der Waals surface area contributed by atoms with Gasteiger partial charge in [-0.15, -0.1) is 0 Å². The van der Waals surface area contributed by atoms with Gasteiger partial charge < -0.3 is 30.9 Å². The van der Waals surface area contributed by atoms with Crippen LogP contribution in [-0.4, -0.2) is 61.9 Å². The number of carbonyl (C=O) groups excluding carboxylic acids is 3. The molecule has 0 aliphatic rings. The number of primary amides is 1. The summed E-state index contributed by atoms with van der Waals surface area (Å²) in [6.07, 6.45) is -0.219. The lowest BCUT2D eigenvalue weighted by molar-refractivity contribution is -0.142. The minimum Gasteiger partial charge on any atom is -0.480 e. The van der Waals surface area contributed by atoms with Crippen LogP contribution in [0.3, 0.4) is 0 Å². The summed E-state index contributed by atoms with van der Waals surface area (Å²) >= 11 is 0. The van der Waals surface area contributed by atoms with Gasteiger partial charge in [0.15, 0.2) is 0 Å². The molecule has 0 saturated heterocycles. The van der Waals surface area contributed by atoms with Gasteiger partial charge in [0.25, 0.3) is 0 Å². The highest BCUT2D eigenvalue weighted by molar-refractivity contribution is 5.83. The number of methoxy groups -OCH3 is 1. The molecule has 0 aliphatic heterocycles. The number of amides is 3. The van der Waals surface area contributed by atoms with Crippen molar-refractivity contribution in [1.29, 1.82) is 0 Å². The third kappa shape index (κ3) is 10.1. The van der Waals surface area contributed by atoms with Gasteiger partial charge in [0.2, 0.25) is 5.91 Å². The fourth-order valence-electron chi connectivity index (χ4n) is 1.24. The number of urea groups is 1. The molecule has 0 spiro atoms. The average Bonchev–Trinajstić information content (AvgIpc) is 2.41. The van der Waals surface area contributed by atoms with Gasteiger partial charge in [-0.1, -0.05) is 0 Å². The van der Waals surface area contributed by atoms with Crippen LogP contribution in [0.25, 0.3) is 0 Å². The number of ether oxygens (including phenoxy) is 2. The monoisotopic (exact) mass is 305 g/mol. The number of carboxylic acids is 1. The lowest BCUT2D eigenvalue weighted by Gasteiger charge is -2.14. The van der Waals surface area contributed by atoms with Crippen LogP contribution in [0.5, 0.6) is 0 Å². The van der Waals surface area contributed by atoms with Crippen LogP contribution in [0.1, 0.15) is 12.8 Å². The average molecular weight is 305 g/mol. The molecule has 5 N–H and O–H groups in total. The molecule has 0 bridgehead atoms. The molecule has 21 heavy (non-hydrogen) atoms. The van der Waals surface area contributed by atoms with Crippen molar-refractivity contribution < 1.29 is 33.8 Å². The van der Waals surface area contributed by atoms with Crippen molar-refractivity contribution in [2.75, 3.05) is 26.9 Å². The smallest absolute Gasteiger partial charge is 0.326 e. The molecule has 0 unspecified atom stereocenters. The molecule has 0 fully saturated rings. The van der Waals surface area contributed by atoms with Crippen molar-refractivity contribution in [3.05, 3.63) is 0 Å². The van der Waals surface area contributed by atoms with Gasteiger partial charge in [0.05, 0.1) is 13.7 Å². The van der Waals surface area contributed by atoms with Crippen LogP contribution in [0, 0.1) is 0 Å². The van der Waals surface area contributed by atoms with E-state index in [1.165, 1.54) is 7.11 Å². The second-order valence-electron chi connectivity index (χ2n) is 3.92. The third-order valence-electron chi connectivity index (χ3n) is 2.24. The highest BCUT2D eigenvalue weighted by Crippen LogP contribution is 1.99. The Morgan fingerprint density at radius 1 is 1.29 bits per heavy atom. The zero-order valence-corrected chi connectivity index (χ0v) is 11.6. The normalized spacial score (nSPS) is 11.3. The van der Waals surface area contributed by atoms with E-state index in [0.29, 0.717) is 0 Å². The Labute approximate surface area is 120 Å². The molecular weight excluding hydrogens is 286 g/mol. The largest absolute Gasteiger partial charge is 0.480 e. The first kappa shape index (κ1) is 18.6. The highest BCUT2D eigenvalue weighted by Gasteiger charge is 2.20. The molecular formula is C11H19N3O7. The number of carbonyl (C=O) groups is 4. The van der Waals surface area contributed by atoms with Crippen molar-refractivity contribution in [3.63, 3.8) is 0 Å². The maximum atomic E-state index is 11.4. The molecule has 1 atom stereocenters. The fraction of sp³-hybridized carbons (Fsp3) is 0.636. The molecule has 0 radical (unpaired) electrons. The Balaban J connectivity index is 3.98. The van der Waals surface area contributed by atoms with E-state index in [1.54, 1.807) is 0 Å². The topological polar surface area (TPSA) is 157 Å². The van der Waals surface area contributed by atoms with Crippen LogP contribution in [0.4, 0.5) is 4.79 Å². The minimum atomic E-state index is -1.26. The number of esters is 1. The summed E-state index contributed by atoms with van der Waals surface area (Å²) < 4.78 is 9.18. The van der Waals surface area contributed by atoms with Gasteiger partial charge in [-0.25, -0.2) is 9.59 Å². The number of hydrogen-bond acceptors (Lipinski definition) is 6. The first-order valence-corrected chi connectivity index (χ1v) is 6.06. The van der Waals surface area contributed by atoms with E-state index in [0.717, 1.165) is 0 Å². The first-order chi connectivity index (χ1) is 9.86. The fourth-order valence-corrected chi connectivity index (χ4v) is 1.24. The maximum absolute atomic E-state index is 11.4. The van der Waals surface area contributed by atoms with Crippen LogP contribution < -0.4 is 16.4 Å². The molecule has 0 saturated carbocycles. The second kappa shape index (κ2) is 10.4. The van der Waals surface area contributed by atoms with Gasteiger partial charge in [-0.05, 0) is 6.42 Å². The number of nitrogens with two attached hydrogens (primary N) is 1. The summed E-state index contributed by atoms with van der Waals surface area (Å²) in [6, 6.07) is -1.94. The quantitative estimate of drug-likeness (QED) is 0.274. The van der Waals surface area contributed by atoms with E-state index in [-0.39, 0.29) is 32.6 Å². The summed E-state index contributed by atoms with van der Waals surface area (Å²) in [5, 5.41) is 13.4. The Hall–Kier alpha value is -2.36. The molecule has 0 aromatic heterocycles. The van der Waals surface area contributed by atoms with E-state index in [4.69, 9.17) is 15.6 Å². The summed E-state index contributed by atoms with van der Waals surface area (Å²) in [7, 11) is 1.18. The van der Waals surface area contributed by atoms with Crippen LogP contribution in [-0.2, 0) is 23.9 Å². The lowest BCUT2D eigenvalue weighted by atomic mass is 10.1. The molecule has 0 rings (SSSR count).